The minimum atomic E-state index is -0.0500. The molecule has 0 atom stereocenters. The van der Waals surface area contributed by atoms with E-state index in [1.165, 1.54) is 0 Å². The molecule has 3 nitrogen and oxygen atoms in total. The van der Waals surface area contributed by atoms with Gasteiger partial charge in [-0.3, -0.25) is 4.79 Å². The van der Waals surface area contributed by atoms with E-state index in [0.717, 1.165) is 17.1 Å². The highest BCUT2D eigenvalue weighted by Crippen LogP contribution is 2.20. The van der Waals surface area contributed by atoms with Crippen molar-refractivity contribution in [2.24, 2.45) is 0 Å². The van der Waals surface area contributed by atoms with Gasteiger partial charge in [-0.15, -0.1) is 0 Å². The molecule has 5 heteroatoms. The summed E-state index contributed by atoms with van der Waals surface area (Å²) >= 11 is 12.0. The molecule has 0 heterocycles. The van der Waals surface area contributed by atoms with Gasteiger partial charge in [0.1, 0.15) is 0 Å². The predicted octanol–water partition coefficient (Wildman–Crippen LogP) is 4.45. The number of anilines is 1. The fourth-order valence-electron chi connectivity index (χ4n) is 2.09. The Morgan fingerprint density at radius 1 is 1.14 bits per heavy atom. The third-order valence-corrected chi connectivity index (χ3v) is 3.77. The van der Waals surface area contributed by atoms with Crippen molar-refractivity contribution in [2.75, 3.05) is 18.9 Å². The summed E-state index contributed by atoms with van der Waals surface area (Å²) in [5, 5.41) is 4.09. The van der Waals surface area contributed by atoms with Crippen LogP contribution in [0.3, 0.4) is 0 Å². The predicted molar refractivity (Wildman–Crippen MR) is 92.5 cm³/mol. The van der Waals surface area contributed by atoms with Crippen LogP contribution in [0.4, 0.5) is 5.69 Å². The van der Waals surface area contributed by atoms with Crippen LogP contribution in [0.2, 0.25) is 10.0 Å². The molecule has 2 aromatic rings. The molecule has 0 aliphatic carbocycles. The summed E-state index contributed by atoms with van der Waals surface area (Å²) in [7, 11) is 1.98. The minimum absolute atomic E-state index is 0.0500. The van der Waals surface area contributed by atoms with Crippen molar-refractivity contribution >= 4 is 34.8 Å². The molecule has 116 valence electrons. The van der Waals surface area contributed by atoms with Crippen LogP contribution in [0.1, 0.15) is 12.0 Å². The summed E-state index contributed by atoms with van der Waals surface area (Å²) in [4.78, 5) is 14.0. The van der Waals surface area contributed by atoms with Gasteiger partial charge in [-0.2, -0.15) is 0 Å². The van der Waals surface area contributed by atoms with Gasteiger partial charge in [0.25, 0.3) is 0 Å². The van der Waals surface area contributed by atoms with E-state index in [1.807, 2.05) is 43.4 Å². The van der Waals surface area contributed by atoms with Crippen molar-refractivity contribution in [3.05, 3.63) is 64.1 Å². The van der Waals surface area contributed by atoms with Crippen LogP contribution in [0, 0.1) is 0 Å². The Morgan fingerprint density at radius 2 is 1.91 bits per heavy atom. The number of rotatable bonds is 6. The molecule has 0 unspecified atom stereocenters. The lowest BCUT2D eigenvalue weighted by Crippen LogP contribution is -2.24. The first-order chi connectivity index (χ1) is 10.5. The first-order valence-electron chi connectivity index (χ1n) is 7.02. The molecule has 0 saturated carbocycles. The first kappa shape index (κ1) is 16.8. The molecule has 0 radical (unpaired) electrons. The Hall–Kier alpha value is -1.55. The standard InChI is InChI=1S/C17H18Cl2N2O/c1-21(12-13-5-4-6-14(18)11-13)10-9-17(22)20-16-8-3-2-7-15(16)19/h2-8,11H,9-10,12H2,1H3,(H,20,22). The monoisotopic (exact) mass is 336 g/mol. The third kappa shape index (κ3) is 5.34. The lowest BCUT2D eigenvalue weighted by molar-refractivity contribution is -0.116. The van der Waals surface area contributed by atoms with Crippen LogP contribution in [0.15, 0.2) is 48.5 Å². The average Bonchev–Trinajstić information content (AvgIpc) is 2.48. The summed E-state index contributed by atoms with van der Waals surface area (Å²) in [5.74, 6) is -0.0500. The van der Waals surface area contributed by atoms with Gasteiger partial charge in [0.05, 0.1) is 10.7 Å². The molecular formula is C17H18Cl2N2O. The van der Waals surface area contributed by atoms with Crippen LogP contribution >= 0.6 is 23.2 Å². The van der Waals surface area contributed by atoms with Crippen molar-refractivity contribution in [1.29, 1.82) is 0 Å². The van der Waals surface area contributed by atoms with Gasteiger partial charge in [-0.05, 0) is 36.9 Å². The molecule has 1 N–H and O–H groups in total. The largest absolute Gasteiger partial charge is 0.325 e. The van der Waals surface area contributed by atoms with Gasteiger partial charge in [0.2, 0.25) is 5.91 Å². The smallest absolute Gasteiger partial charge is 0.225 e. The number of carbonyl (C=O) groups is 1. The fraction of sp³-hybridized carbons (Fsp3) is 0.235. The Bertz CT molecular complexity index is 646. The maximum absolute atomic E-state index is 12.0. The number of nitrogens with zero attached hydrogens (tertiary/aromatic N) is 1. The van der Waals surface area contributed by atoms with Gasteiger partial charge in [0, 0.05) is 24.5 Å². The highest BCUT2D eigenvalue weighted by molar-refractivity contribution is 6.33. The molecule has 2 rings (SSSR count). The Morgan fingerprint density at radius 3 is 2.64 bits per heavy atom. The van der Waals surface area contributed by atoms with Crippen molar-refractivity contribution < 1.29 is 4.79 Å². The van der Waals surface area contributed by atoms with Crippen molar-refractivity contribution in [2.45, 2.75) is 13.0 Å². The van der Waals surface area contributed by atoms with Crippen LogP contribution in [-0.2, 0) is 11.3 Å². The number of benzene rings is 2. The van der Waals surface area contributed by atoms with E-state index in [2.05, 4.69) is 10.2 Å². The summed E-state index contributed by atoms with van der Waals surface area (Å²) in [6.45, 7) is 1.41. The number of halogens is 2. The molecule has 0 fully saturated rings. The molecule has 0 aliphatic heterocycles. The van der Waals surface area contributed by atoms with E-state index in [0.29, 0.717) is 23.7 Å². The summed E-state index contributed by atoms with van der Waals surface area (Å²) < 4.78 is 0. The highest BCUT2D eigenvalue weighted by Gasteiger charge is 2.07. The summed E-state index contributed by atoms with van der Waals surface area (Å²) in [6.07, 6.45) is 0.405. The van der Waals surface area contributed by atoms with Crippen molar-refractivity contribution in [1.82, 2.24) is 4.90 Å². The molecule has 22 heavy (non-hydrogen) atoms. The molecular weight excluding hydrogens is 319 g/mol. The molecule has 0 bridgehead atoms. The summed E-state index contributed by atoms with van der Waals surface area (Å²) in [5.41, 5.74) is 1.77. The molecule has 1 amide bonds. The number of carbonyl (C=O) groups excluding carboxylic acids is 1. The Balaban J connectivity index is 1.79. The van der Waals surface area contributed by atoms with Crippen LogP contribution in [-0.4, -0.2) is 24.4 Å². The highest BCUT2D eigenvalue weighted by atomic mass is 35.5. The van der Waals surface area contributed by atoms with E-state index >= 15 is 0 Å². The second-order valence-electron chi connectivity index (χ2n) is 5.15. The van der Waals surface area contributed by atoms with E-state index in [9.17, 15) is 4.79 Å². The van der Waals surface area contributed by atoms with E-state index in [1.54, 1.807) is 12.1 Å². The van der Waals surface area contributed by atoms with Crippen LogP contribution < -0.4 is 5.32 Å². The number of nitrogens with one attached hydrogen (secondary N) is 1. The van der Waals surface area contributed by atoms with Gasteiger partial charge in [0.15, 0.2) is 0 Å². The second kappa shape index (κ2) is 8.18. The third-order valence-electron chi connectivity index (χ3n) is 3.21. The van der Waals surface area contributed by atoms with Crippen molar-refractivity contribution in [3.8, 4) is 0 Å². The zero-order valence-corrected chi connectivity index (χ0v) is 13.9. The molecule has 0 spiro atoms. The Kier molecular flexibility index (Phi) is 6.25. The van der Waals surface area contributed by atoms with E-state index in [4.69, 9.17) is 23.2 Å². The van der Waals surface area contributed by atoms with Crippen molar-refractivity contribution in [3.63, 3.8) is 0 Å². The summed E-state index contributed by atoms with van der Waals surface area (Å²) in [6, 6.07) is 14.9. The van der Waals surface area contributed by atoms with Gasteiger partial charge < -0.3 is 10.2 Å². The van der Waals surface area contributed by atoms with Crippen LogP contribution in [0.25, 0.3) is 0 Å². The number of hydrogen-bond acceptors (Lipinski definition) is 2. The lowest BCUT2D eigenvalue weighted by atomic mass is 10.2. The van der Waals surface area contributed by atoms with E-state index < -0.39 is 0 Å². The Labute approximate surface area is 140 Å². The zero-order valence-electron chi connectivity index (χ0n) is 12.4. The van der Waals surface area contributed by atoms with E-state index in [-0.39, 0.29) is 5.91 Å². The molecule has 0 aliphatic rings. The number of para-hydroxylation sites is 1. The second-order valence-corrected chi connectivity index (χ2v) is 5.99. The van der Waals surface area contributed by atoms with Gasteiger partial charge >= 0.3 is 0 Å². The first-order valence-corrected chi connectivity index (χ1v) is 7.77. The maximum atomic E-state index is 12.0. The minimum Gasteiger partial charge on any atom is -0.325 e. The molecule has 2 aromatic carbocycles. The quantitative estimate of drug-likeness (QED) is 0.844. The lowest BCUT2D eigenvalue weighted by Gasteiger charge is -2.16. The zero-order chi connectivity index (χ0) is 15.9. The van der Waals surface area contributed by atoms with Gasteiger partial charge in [-0.1, -0.05) is 47.5 Å². The number of amides is 1. The SMILES string of the molecule is CN(CCC(=O)Nc1ccccc1Cl)Cc1cccc(Cl)c1. The topological polar surface area (TPSA) is 32.3 Å². The fourth-order valence-corrected chi connectivity index (χ4v) is 2.49. The maximum Gasteiger partial charge on any atom is 0.225 e. The van der Waals surface area contributed by atoms with Gasteiger partial charge in [-0.25, -0.2) is 0 Å². The van der Waals surface area contributed by atoms with Crippen LogP contribution in [0.5, 0.6) is 0 Å². The normalized spacial score (nSPS) is 10.7. The number of hydrogen-bond donors (Lipinski definition) is 1. The average molecular weight is 337 g/mol. The molecule has 0 aromatic heterocycles. The molecule has 0 saturated heterocycles.